The van der Waals surface area contributed by atoms with Gasteiger partial charge in [0.15, 0.2) is 5.69 Å². The molecular weight excluding hydrogens is 252 g/mol. The highest BCUT2D eigenvalue weighted by Gasteiger charge is 2.08. The Morgan fingerprint density at radius 2 is 1.85 bits per heavy atom. The van der Waals surface area contributed by atoms with Crippen molar-refractivity contribution in [3.8, 4) is 0 Å². The second-order valence-electron chi connectivity index (χ2n) is 4.33. The molecule has 3 aromatic rings. The average molecular weight is 264 g/mol. The van der Waals surface area contributed by atoms with Crippen molar-refractivity contribution in [1.82, 2.24) is 20.5 Å². The number of carbonyl (C=O) groups is 1. The monoisotopic (exact) mass is 264 g/mol. The third kappa shape index (κ3) is 2.61. The van der Waals surface area contributed by atoms with Crippen LogP contribution in [-0.2, 0) is 6.54 Å². The van der Waals surface area contributed by atoms with Crippen molar-refractivity contribution >= 4 is 16.8 Å². The Bertz CT molecular complexity index is 743. The Kier molecular flexibility index (Phi) is 3.33. The van der Waals surface area contributed by atoms with Gasteiger partial charge in [-0.2, -0.15) is 0 Å². The Labute approximate surface area is 115 Å². The first-order chi connectivity index (χ1) is 9.83. The summed E-state index contributed by atoms with van der Waals surface area (Å²) in [6, 6.07) is 13.0. The van der Waals surface area contributed by atoms with Gasteiger partial charge >= 0.3 is 0 Å². The van der Waals surface area contributed by atoms with Crippen molar-refractivity contribution in [1.29, 1.82) is 0 Å². The molecule has 0 atom stereocenters. The van der Waals surface area contributed by atoms with E-state index in [4.69, 9.17) is 0 Å². The van der Waals surface area contributed by atoms with Gasteiger partial charge in [0.2, 0.25) is 0 Å². The molecule has 98 valence electrons. The number of fused-ring (bicyclic) bond motifs is 1. The predicted molar refractivity (Wildman–Crippen MR) is 74.9 cm³/mol. The van der Waals surface area contributed by atoms with Gasteiger partial charge in [-0.25, -0.2) is 0 Å². The number of aromatic nitrogens is 3. The average Bonchev–Trinajstić information content (AvgIpc) is 2.53. The number of nitrogens with zero attached hydrogens (tertiary/aromatic N) is 3. The first-order valence-corrected chi connectivity index (χ1v) is 6.22. The summed E-state index contributed by atoms with van der Waals surface area (Å²) in [6.45, 7) is 0.440. The maximum atomic E-state index is 12.0. The molecule has 1 N–H and O–H groups in total. The van der Waals surface area contributed by atoms with Crippen molar-refractivity contribution in [2.24, 2.45) is 0 Å². The van der Waals surface area contributed by atoms with E-state index in [2.05, 4.69) is 20.5 Å². The van der Waals surface area contributed by atoms with Crippen molar-refractivity contribution in [2.75, 3.05) is 0 Å². The molecule has 2 aromatic heterocycles. The SMILES string of the molecule is O=C(NCc1ccncc1)c1cc2ccccc2nn1. The van der Waals surface area contributed by atoms with Gasteiger partial charge in [0.05, 0.1) is 5.52 Å². The molecule has 1 aromatic carbocycles. The zero-order valence-electron chi connectivity index (χ0n) is 10.7. The lowest BCUT2D eigenvalue weighted by Crippen LogP contribution is -2.24. The van der Waals surface area contributed by atoms with Gasteiger partial charge in [0, 0.05) is 24.3 Å². The van der Waals surface area contributed by atoms with Crippen LogP contribution in [0.15, 0.2) is 54.9 Å². The predicted octanol–water partition coefficient (Wildman–Crippen LogP) is 1.95. The molecule has 0 radical (unpaired) electrons. The minimum Gasteiger partial charge on any atom is -0.347 e. The number of benzene rings is 1. The van der Waals surface area contributed by atoms with Crippen LogP contribution in [0.4, 0.5) is 0 Å². The molecule has 5 nitrogen and oxygen atoms in total. The maximum Gasteiger partial charge on any atom is 0.272 e. The second kappa shape index (κ2) is 5.44. The molecule has 1 amide bonds. The van der Waals surface area contributed by atoms with Gasteiger partial charge in [0.1, 0.15) is 0 Å². The standard InChI is InChI=1S/C15H12N4O/c20-15(17-10-11-5-7-16-8-6-11)14-9-12-3-1-2-4-13(12)18-19-14/h1-9H,10H2,(H,17,20). The van der Waals surface area contributed by atoms with Gasteiger partial charge in [-0.15, -0.1) is 10.2 Å². The minimum atomic E-state index is -0.236. The van der Waals surface area contributed by atoms with Crippen LogP contribution < -0.4 is 5.32 Å². The van der Waals surface area contributed by atoms with Gasteiger partial charge in [-0.1, -0.05) is 18.2 Å². The van der Waals surface area contributed by atoms with Crippen LogP contribution in [0.2, 0.25) is 0 Å². The van der Waals surface area contributed by atoms with E-state index in [1.807, 2.05) is 36.4 Å². The summed E-state index contributed by atoms with van der Waals surface area (Å²) in [7, 11) is 0. The minimum absolute atomic E-state index is 0.236. The Hall–Kier alpha value is -2.82. The normalized spacial score (nSPS) is 10.4. The molecule has 5 heteroatoms. The van der Waals surface area contributed by atoms with Gasteiger partial charge in [-0.05, 0) is 29.8 Å². The lowest BCUT2D eigenvalue weighted by atomic mass is 10.2. The number of pyridine rings is 1. The largest absolute Gasteiger partial charge is 0.347 e. The highest BCUT2D eigenvalue weighted by molar-refractivity contribution is 5.95. The van der Waals surface area contributed by atoms with Crippen LogP contribution in [0.1, 0.15) is 16.1 Å². The number of nitrogens with one attached hydrogen (secondary N) is 1. The summed E-state index contributed by atoms with van der Waals surface area (Å²) < 4.78 is 0. The fourth-order valence-corrected chi connectivity index (χ4v) is 1.87. The highest BCUT2D eigenvalue weighted by Crippen LogP contribution is 2.10. The first-order valence-electron chi connectivity index (χ1n) is 6.22. The highest BCUT2D eigenvalue weighted by atomic mass is 16.1. The van der Waals surface area contributed by atoms with Crippen molar-refractivity contribution in [2.45, 2.75) is 6.54 Å². The van der Waals surface area contributed by atoms with Crippen LogP contribution in [0, 0.1) is 0 Å². The molecule has 0 aliphatic heterocycles. The van der Waals surface area contributed by atoms with E-state index in [1.54, 1.807) is 18.5 Å². The zero-order valence-corrected chi connectivity index (χ0v) is 10.7. The van der Waals surface area contributed by atoms with Crippen LogP contribution in [0.3, 0.4) is 0 Å². The summed E-state index contributed by atoms with van der Waals surface area (Å²) in [5.41, 5.74) is 2.08. The molecule has 2 heterocycles. The van der Waals surface area contributed by atoms with Crippen molar-refractivity contribution < 1.29 is 4.79 Å². The lowest BCUT2D eigenvalue weighted by Gasteiger charge is -2.04. The molecule has 0 spiro atoms. The summed E-state index contributed by atoms with van der Waals surface area (Å²) in [6.07, 6.45) is 3.38. The Balaban J connectivity index is 1.75. The van der Waals surface area contributed by atoms with E-state index in [-0.39, 0.29) is 5.91 Å². The van der Waals surface area contributed by atoms with Gasteiger partial charge < -0.3 is 5.32 Å². The summed E-state index contributed by atoms with van der Waals surface area (Å²) in [5, 5.41) is 11.7. The number of carbonyl (C=O) groups excluding carboxylic acids is 1. The maximum absolute atomic E-state index is 12.0. The van der Waals surface area contributed by atoms with Crippen LogP contribution in [0.5, 0.6) is 0 Å². The molecule has 0 fully saturated rings. The third-order valence-electron chi connectivity index (χ3n) is 2.93. The van der Waals surface area contributed by atoms with E-state index in [0.717, 1.165) is 16.5 Å². The number of amides is 1. The fourth-order valence-electron chi connectivity index (χ4n) is 1.87. The van der Waals surface area contributed by atoms with Crippen LogP contribution >= 0.6 is 0 Å². The Morgan fingerprint density at radius 3 is 2.70 bits per heavy atom. The fraction of sp³-hybridized carbons (Fsp3) is 0.0667. The molecule has 0 aliphatic rings. The summed E-state index contributed by atoms with van der Waals surface area (Å²) >= 11 is 0. The quantitative estimate of drug-likeness (QED) is 0.785. The van der Waals surface area contributed by atoms with E-state index >= 15 is 0 Å². The molecule has 0 saturated carbocycles. The van der Waals surface area contributed by atoms with Crippen LogP contribution in [-0.4, -0.2) is 21.1 Å². The number of rotatable bonds is 3. The molecule has 20 heavy (non-hydrogen) atoms. The van der Waals surface area contributed by atoms with E-state index < -0.39 is 0 Å². The van der Waals surface area contributed by atoms with Gasteiger partial charge in [0.25, 0.3) is 5.91 Å². The molecule has 3 rings (SSSR count). The van der Waals surface area contributed by atoms with Crippen molar-refractivity contribution in [3.05, 3.63) is 66.1 Å². The van der Waals surface area contributed by atoms with Crippen molar-refractivity contribution in [3.63, 3.8) is 0 Å². The topological polar surface area (TPSA) is 67.8 Å². The Morgan fingerprint density at radius 1 is 1.05 bits per heavy atom. The number of hydrogen-bond donors (Lipinski definition) is 1. The molecule has 0 bridgehead atoms. The van der Waals surface area contributed by atoms with Gasteiger partial charge in [-0.3, -0.25) is 9.78 Å². The van der Waals surface area contributed by atoms with E-state index in [1.165, 1.54) is 0 Å². The smallest absolute Gasteiger partial charge is 0.272 e. The second-order valence-corrected chi connectivity index (χ2v) is 4.33. The number of hydrogen-bond acceptors (Lipinski definition) is 4. The third-order valence-corrected chi connectivity index (χ3v) is 2.93. The zero-order chi connectivity index (χ0) is 13.8. The van der Waals surface area contributed by atoms with Crippen LogP contribution in [0.25, 0.3) is 10.9 Å². The first kappa shape index (κ1) is 12.2. The van der Waals surface area contributed by atoms with E-state index in [9.17, 15) is 4.79 Å². The van der Waals surface area contributed by atoms with E-state index in [0.29, 0.717) is 12.2 Å². The molecule has 0 unspecified atom stereocenters. The molecule has 0 saturated heterocycles. The molecular formula is C15H12N4O. The summed E-state index contributed by atoms with van der Waals surface area (Å²) in [4.78, 5) is 16.0. The lowest BCUT2D eigenvalue weighted by molar-refractivity contribution is 0.0945. The summed E-state index contributed by atoms with van der Waals surface area (Å²) in [5.74, 6) is -0.236. The molecule has 0 aliphatic carbocycles.